The van der Waals surface area contributed by atoms with Crippen molar-refractivity contribution in [2.24, 2.45) is 5.73 Å². The number of rotatable bonds is 6. The van der Waals surface area contributed by atoms with Gasteiger partial charge in [-0.15, -0.1) is 0 Å². The summed E-state index contributed by atoms with van der Waals surface area (Å²) >= 11 is 0. The van der Waals surface area contributed by atoms with Crippen LogP contribution in [-0.4, -0.2) is 68.2 Å². The maximum atomic E-state index is 11.4. The van der Waals surface area contributed by atoms with Gasteiger partial charge in [-0.1, -0.05) is 0 Å². The molecule has 2 N–H and O–H groups in total. The van der Waals surface area contributed by atoms with E-state index in [9.17, 15) is 4.79 Å². The van der Waals surface area contributed by atoms with E-state index in [-0.39, 0.29) is 5.97 Å². The maximum Gasteiger partial charge on any atom is 0.322 e. The minimum atomic E-state index is -0.475. The van der Waals surface area contributed by atoms with Crippen molar-refractivity contribution in [1.82, 2.24) is 9.80 Å². The van der Waals surface area contributed by atoms with Crippen molar-refractivity contribution in [3.05, 3.63) is 0 Å². The van der Waals surface area contributed by atoms with Gasteiger partial charge in [-0.05, 0) is 53.4 Å². The number of carbonyl (C=O) groups excluding carboxylic acids is 1. The van der Waals surface area contributed by atoms with Crippen LogP contribution in [0, 0.1) is 0 Å². The number of nitrogens with two attached hydrogens (primary N) is 1. The molecule has 0 saturated carbocycles. The smallest absolute Gasteiger partial charge is 0.322 e. The van der Waals surface area contributed by atoms with Crippen LogP contribution in [-0.2, 0) is 9.53 Å². The van der Waals surface area contributed by atoms with E-state index in [2.05, 4.69) is 23.9 Å². The SMILES string of the molecule is CCOC(=O)C(N)CCN1CCC(N(C)C)CC1. The first-order valence-corrected chi connectivity index (χ1v) is 6.85. The molecule has 5 heteroatoms. The lowest BCUT2D eigenvalue weighted by atomic mass is 10.0. The third-order valence-electron chi connectivity index (χ3n) is 3.63. The number of hydrogen-bond donors (Lipinski definition) is 1. The molecule has 18 heavy (non-hydrogen) atoms. The molecule has 1 aliphatic heterocycles. The third kappa shape index (κ3) is 4.92. The Morgan fingerprint density at radius 2 is 2.06 bits per heavy atom. The van der Waals surface area contributed by atoms with E-state index in [1.807, 2.05) is 0 Å². The lowest BCUT2D eigenvalue weighted by Gasteiger charge is -2.35. The molecule has 0 bridgehead atoms. The molecule has 106 valence electrons. The van der Waals surface area contributed by atoms with E-state index >= 15 is 0 Å². The van der Waals surface area contributed by atoms with Crippen molar-refractivity contribution in [2.75, 3.05) is 40.3 Å². The molecule has 0 aromatic heterocycles. The number of hydrogen-bond acceptors (Lipinski definition) is 5. The van der Waals surface area contributed by atoms with Gasteiger partial charge in [0.25, 0.3) is 0 Å². The zero-order valence-corrected chi connectivity index (χ0v) is 11.9. The number of esters is 1. The highest BCUT2D eigenvalue weighted by atomic mass is 16.5. The van der Waals surface area contributed by atoms with E-state index in [1.54, 1.807) is 6.92 Å². The molecular weight excluding hydrogens is 230 g/mol. The Balaban J connectivity index is 2.19. The van der Waals surface area contributed by atoms with Crippen LogP contribution in [0.15, 0.2) is 0 Å². The highest BCUT2D eigenvalue weighted by Crippen LogP contribution is 2.14. The molecule has 0 spiro atoms. The molecule has 0 radical (unpaired) electrons. The van der Waals surface area contributed by atoms with Crippen molar-refractivity contribution in [1.29, 1.82) is 0 Å². The monoisotopic (exact) mass is 257 g/mol. The Morgan fingerprint density at radius 3 is 2.56 bits per heavy atom. The molecule has 1 heterocycles. The first kappa shape index (κ1) is 15.4. The van der Waals surface area contributed by atoms with Gasteiger partial charge in [0, 0.05) is 12.6 Å². The minimum Gasteiger partial charge on any atom is -0.465 e. The minimum absolute atomic E-state index is 0.277. The van der Waals surface area contributed by atoms with Crippen molar-refractivity contribution in [3.63, 3.8) is 0 Å². The maximum absolute atomic E-state index is 11.4. The molecule has 5 nitrogen and oxygen atoms in total. The van der Waals surface area contributed by atoms with Gasteiger partial charge in [0.05, 0.1) is 6.61 Å². The predicted molar refractivity (Wildman–Crippen MR) is 72.4 cm³/mol. The van der Waals surface area contributed by atoms with Crippen LogP contribution in [0.4, 0.5) is 0 Å². The van der Waals surface area contributed by atoms with E-state index in [1.165, 1.54) is 12.8 Å². The average Bonchev–Trinajstić information content (AvgIpc) is 2.36. The molecule has 1 saturated heterocycles. The lowest BCUT2D eigenvalue weighted by molar-refractivity contribution is -0.144. The highest BCUT2D eigenvalue weighted by molar-refractivity contribution is 5.75. The summed E-state index contributed by atoms with van der Waals surface area (Å²) in [6.07, 6.45) is 3.08. The van der Waals surface area contributed by atoms with Crippen LogP contribution < -0.4 is 5.73 Å². The molecular formula is C13H27N3O2. The van der Waals surface area contributed by atoms with Gasteiger partial charge < -0.3 is 20.3 Å². The number of nitrogens with zero attached hydrogens (tertiary/aromatic N) is 2. The van der Waals surface area contributed by atoms with Gasteiger partial charge in [-0.2, -0.15) is 0 Å². The van der Waals surface area contributed by atoms with E-state index in [0.717, 1.165) is 19.6 Å². The second kappa shape index (κ2) is 7.71. The zero-order chi connectivity index (χ0) is 13.5. The van der Waals surface area contributed by atoms with Crippen molar-refractivity contribution >= 4 is 5.97 Å². The normalized spacial score (nSPS) is 20.1. The van der Waals surface area contributed by atoms with Gasteiger partial charge in [-0.25, -0.2) is 0 Å². The van der Waals surface area contributed by atoms with E-state index in [4.69, 9.17) is 10.5 Å². The Morgan fingerprint density at radius 1 is 1.44 bits per heavy atom. The van der Waals surface area contributed by atoms with Crippen molar-refractivity contribution < 1.29 is 9.53 Å². The van der Waals surface area contributed by atoms with Crippen LogP contribution >= 0.6 is 0 Å². The summed E-state index contributed by atoms with van der Waals surface area (Å²) < 4.78 is 4.90. The van der Waals surface area contributed by atoms with Crippen molar-refractivity contribution in [2.45, 2.75) is 38.3 Å². The Bertz CT molecular complexity index is 251. The molecule has 1 unspecified atom stereocenters. The molecule has 1 fully saturated rings. The van der Waals surface area contributed by atoms with Crippen LogP contribution in [0.25, 0.3) is 0 Å². The van der Waals surface area contributed by atoms with Crippen LogP contribution in [0.5, 0.6) is 0 Å². The molecule has 0 aromatic rings. The Hall–Kier alpha value is -0.650. The van der Waals surface area contributed by atoms with Gasteiger partial charge in [0.15, 0.2) is 0 Å². The van der Waals surface area contributed by atoms with Gasteiger partial charge >= 0.3 is 5.97 Å². The Kier molecular flexibility index (Phi) is 6.60. The van der Waals surface area contributed by atoms with Crippen molar-refractivity contribution in [3.8, 4) is 0 Å². The predicted octanol–water partition coefficient (Wildman–Crippen LogP) is 0.293. The summed E-state index contributed by atoms with van der Waals surface area (Å²) in [4.78, 5) is 16.1. The van der Waals surface area contributed by atoms with Gasteiger partial charge in [0.2, 0.25) is 0 Å². The van der Waals surface area contributed by atoms with E-state index in [0.29, 0.717) is 19.1 Å². The molecule has 0 aliphatic carbocycles. The number of ether oxygens (including phenoxy) is 1. The third-order valence-corrected chi connectivity index (χ3v) is 3.63. The topological polar surface area (TPSA) is 58.8 Å². The fourth-order valence-electron chi connectivity index (χ4n) is 2.35. The summed E-state index contributed by atoms with van der Waals surface area (Å²) in [5.74, 6) is -0.277. The second-order valence-electron chi connectivity index (χ2n) is 5.18. The average molecular weight is 257 g/mol. The summed E-state index contributed by atoms with van der Waals surface area (Å²) in [6, 6.07) is 0.219. The first-order chi connectivity index (χ1) is 8.54. The molecule has 0 aromatic carbocycles. The molecule has 0 amide bonds. The second-order valence-corrected chi connectivity index (χ2v) is 5.18. The highest BCUT2D eigenvalue weighted by Gasteiger charge is 2.22. The quantitative estimate of drug-likeness (QED) is 0.693. The number of likely N-dealkylation sites (tertiary alicyclic amines) is 1. The number of carbonyl (C=O) groups is 1. The summed E-state index contributed by atoms with van der Waals surface area (Å²) in [5.41, 5.74) is 5.79. The standard InChI is InChI=1S/C13H27N3O2/c1-4-18-13(17)12(14)7-10-16-8-5-11(6-9-16)15(2)3/h11-12H,4-10,14H2,1-3H3. The van der Waals surface area contributed by atoms with Gasteiger partial charge in [-0.3, -0.25) is 4.79 Å². The van der Waals surface area contributed by atoms with Gasteiger partial charge in [0.1, 0.15) is 6.04 Å². The zero-order valence-electron chi connectivity index (χ0n) is 11.9. The van der Waals surface area contributed by atoms with Crippen LogP contribution in [0.2, 0.25) is 0 Å². The summed E-state index contributed by atoms with van der Waals surface area (Å²) in [5, 5.41) is 0. The number of piperidine rings is 1. The van der Waals surface area contributed by atoms with Crippen LogP contribution in [0.3, 0.4) is 0 Å². The fourth-order valence-corrected chi connectivity index (χ4v) is 2.35. The summed E-state index contributed by atoms with van der Waals surface area (Å²) in [6.45, 7) is 5.29. The largest absolute Gasteiger partial charge is 0.465 e. The van der Waals surface area contributed by atoms with E-state index < -0.39 is 6.04 Å². The molecule has 1 rings (SSSR count). The van der Waals surface area contributed by atoms with Crippen LogP contribution in [0.1, 0.15) is 26.2 Å². The molecule has 1 atom stereocenters. The lowest BCUT2D eigenvalue weighted by Crippen LogP contribution is -2.44. The summed E-state index contributed by atoms with van der Waals surface area (Å²) in [7, 11) is 4.27. The Labute approximate surface area is 110 Å². The fraction of sp³-hybridized carbons (Fsp3) is 0.923. The first-order valence-electron chi connectivity index (χ1n) is 6.85. The molecule has 1 aliphatic rings.